The topological polar surface area (TPSA) is 44.5 Å². The maximum Gasteiger partial charge on any atom is 0.161 e. The maximum atomic E-state index is 6.37. The van der Waals surface area contributed by atoms with E-state index in [1.165, 1.54) is 5.56 Å². The summed E-state index contributed by atoms with van der Waals surface area (Å²) in [6.45, 7) is 2.05. The second kappa shape index (κ2) is 6.29. The molecular formula is C16H18BrNO2. The zero-order valence-electron chi connectivity index (χ0n) is 11.8. The largest absolute Gasteiger partial charge is 0.493 e. The molecule has 0 radical (unpaired) electrons. The van der Waals surface area contributed by atoms with Crippen molar-refractivity contribution < 1.29 is 9.47 Å². The van der Waals surface area contributed by atoms with Crippen molar-refractivity contribution in [3.8, 4) is 11.5 Å². The van der Waals surface area contributed by atoms with E-state index in [9.17, 15) is 0 Å². The lowest BCUT2D eigenvalue weighted by Crippen LogP contribution is -2.13. The van der Waals surface area contributed by atoms with Crippen molar-refractivity contribution in [3.05, 3.63) is 57.6 Å². The molecule has 0 aliphatic carbocycles. The summed E-state index contributed by atoms with van der Waals surface area (Å²) < 4.78 is 11.6. The normalized spacial score (nSPS) is 12.1. The van der Waals surface area contributed by atoms with Gasteiger partial charge in [0.25, 0.3) is 0 Å². The van der Waals surface area contributed by atoms with Gasteiger partial charge < -0.3 is 15.2 Å². The smallest absolute Gasteiger partial charge is 0.161 e. The third-order valence-corrected chi connectivity index (χ3v) is 3.98. The highest BCUT2D eigenvalue weighted by Crippen LogP contribution is 2.33. The second-order valence-electron chi connectivity index (χ2n) is 4.62. The first-order valence-electron chi connectivity index (χ1n) is 6.30. The lowest BCUT2D eigenvalue weighted by molar-refractivity contribution is 0.354. The first-order chi connectivity index (χ1) is 9.56. The minimum Gasteiger partial charge on any atom is -0.493 e. The Labute approximate surface area is 127 Å². The number of hydrogen-bond acceptors (Lipinski definition) is 3. The highest BCUT2D eigenvalue weighted by molar-refractivity contribution is 9.10. The Bertz CT molecular complexity index is 613. The van der Waals surface area contributed by atoms with Gasteiger partial charge in [-0.2, -0.15) is 0 Å². The van der Waals surface area contributed by atoms with Crippen molar-refractivity contribution in [3.63, 3.8) is 0 Å². The van der Waals surface area contributed by atoms with Crippen LogP contribution >= 0.6 is 15.9 Å². The fourth-order valence-electron chi connectivity index (χ4n) is 2.13. The maximum absolute atomic E-state index is 6.37. The van der Waals surface area contributed by atoms with E-state index < -0.39 is 0 Å². The summed E-state index contributed by atoms with van der Waals surface area (Å²) in [6.07, 6.45) is 0. The predicted molar refractivity (Wildman–Crippen MR) is 84.5 cm³/mol. The molecule has 106 valence electrons. The van der Waals surface area contributed by atoms with Crippen LogP contribution in [0.1, 0.15) is 22.7 Å². The molecular weight excluding hydrogens is 318 g/mol. The van der Waals surface area contributed by atoms with Gasteiger partial charge in [-0.1, -0.05) is 39.7 Å². The number of ether oxygens (including phenoxy) is 2. The number of aryl methyl sites for hydroxylation is 1. The Balaban J connectivity index is 2.42. The van der Waals surface area contributed by atoms with Crippen LogP contribution in [-0.2, 0) is 0 Å². The molecule has 0 saturated heterocycles. The van der Waals surface area contributed by atoms with E-state index in [0.29, 0.717) is 11.5 Å². The highest BCUT2D eigenvalue weighted by Gasteiger charge is 2.15. The fraction of sp³-hybridized carbons (Fsp3) is 0.250. The summed E-state index contributed by atoms with van der Waals surface area (Å²) in [4.78, 5) is 0. The van der Waals surface area contributed by atoms with Gasteiger partial charge in [-0.3, -0.25) is 0 Å². The molecule has 0 aromatic heterocycles. The minimum absolute atomic E-state index is 0.218. The minimum atomic E-state index is -0.218. The average molecular weight is 336 g/mol. The Morgan fingerprint density at radius 2 is 1.70 bits per heavy atom. The van der Waals surface area contributed by atoms with Crippen molar-refractivity contribution in [2.45, 2.75) is 13.0 Å². The molecule has 2 N–H and O–H groups in total. The monoisotopic (exact) mass is 335 g/mol. The molecule has 1 atom stereocenters. The van der Waals surface area contributed by atoms with E-state index in [2.05, 4.69) is 35.0 Å². The quantitative estimate of drug-likeness (QED) is 0.923. The zero-order chi connectivity index (χ0) is 14.7. The number of benzene rings is 2. The van der Waals surface area contributed by atoms with Crippen LogP contribution in [0.2, 0.25) is 0 Å². The number of nitrogens with two attached hydrogens (primary N) is 1. The summed E-state index contributed by atoms with van der Waals surface area (Å²) in [5.41, 5.74) is 9.59. The van der Waals surface area contributed by atoms with E-state index >= 15 is 0 Å². The molecule has 2 aromatic carbocycles. The lowest BCUT2D eigenvalue weighted by atomic mass is 9.98. The van der Waals surface area contributed by atoms with Crippen LogP contribution in [0.5, 0.6) is 11.5 Å². The summed E-state index contributed by atoms with van der Waals surface area (Å²) >= 11 is 3.56. The Morgan fingerprint density at radius 3 is 2.35 bits per heavy atom. The van der Waals surface area contributed by atoms with Crippen LogP contribution < -0.4 is 15.2 Å². The van der Waals surface area contributed by atoms with E-state index in [1.807, 2.05) is 24.3 Å². The molecule has 3 nitrogen and oxygen atoms in total. The van der Waals surface area contributed by atoms with Crippen LogP contribution in [0.25, 0.3) is 0 Å². The van der Waals surface area contributed by atoms with Gasteiger partial charge in [-0.25, -0.2) is 0 Å². The first-order valence-corrected chi connectivity index (χ1v) is 7.09. The van der Waals surface area contributed by atoms with Crippen molar-refractivity contribution in [1.82, 2.24) is 0 Å². The van der Waals surface area contributed by atoms with Crippen molar-refractivity contribution in [2.24, 2.45) is 5.73 Å². The fourth-order valence-corrected chi connectivity index (χ4v) is 2.62. The van der Waals surface area contributed by atoms with Gasteiger partial charge in [0.15, 0.2) is 11.5 Å². The second-order valence-corrected chi connectivity index (χ2v) is 5.47. The summed E-state index contributed by atoms with van der Waals surface area (Å²) in [7, 11) is 3.24. The molecule has 2 rings (SSSR count). The third kappa shape index (κ3) is 2.97. The molecule has 0 heterocycles. The number of rotatable bonds is 4. The zero-order valence-corrected chi connectivity index (χ0v) is 13.4. The number of hydrogen-bond donors (Lipinski definition) is 1. The van der Waals surface area contributed by atoms with E-state index in [-0.39, 0.29) is 6.04 Å². The first kappa shape index (κ1) is 14.9. The van der Waals surface area contributed by atoms with Crippen LogP contribution in [0.3, 0.4) is 0 Å². The van der Waals surface area contributed by atoms with E-state index in [4.69, 9.17) is 15.2 Å². The van der Waals surface area contributed by atoms with E-state index in [0.717, 1.165) is 15.6 Å². The number of methoxy groups -OCH3 is 2. The standard InChI is InChI=1S/C16H18BrNO2/c1-10-4-6-13(17)12(8-10)16(18)11-5-7-14(19-2)15(9-11)20-3/h4-9,16H,18H2,1-3H3. The summed E-state index contributed by atoms with van der Waals surface area (Å²) in [5.74, 6) is 1.39. The molecule has 0 spiro atoms. The van der Waals surface area contributed by atoms with Gasteiger partial charge >= 0.3 is 0 Å². The molecule has 0 bridgehead atoms. The van der Waals surface area contributed by atoms with Gasteiger partial charge in [0, 0.05) is 4.47 Å². The Kier molecular flexibility index (Phi) is 4.68. The van der Waals surface area contributed by atoms with E-state index in [1.54, 1.807) is 14.2 Å². The van der Waals surface area contributed by atoms with Gasteiger partial charge in [0.05, 0.1) is 20.3 Å². The summed E-state index contributed by atoms with van der Waals surface area (Å²) in [6, 6.07) is 11.7. The van der Waals surface area contributed by atoms with Crippen molar-refractivity contribution in [1.29, 1.82) is 0 Å². The molecule has 1 unspecified atom stereocenters. The average Bonchev–Trinajstić information content (AvgIpc) is 2.48. The third-order valence-electron chi connectivity index (χ3n) is 3.25. The molecule has 0 aliphatic heterocycles. The molecule has 20 heavy (non-hydrogen) atoms. The molecule has 0 saturated carbocycles. The van der Waals surface area contributed by atoms with Crippen LogP contribution in [0.15, 0.2) is 40.9 Å². The highest BCUT2D eigenvalue weighted by atomic mass is 79.9. The lowest BCUT2D eigenvalue weighted by Gasteiger charge is -2.17. The van der Waals surface area contributed by atoms with Crippen LogP contribution in [0.4, 0.5) is 0 Å². The molecule has 2 aromatic rings. The van der Waals surface area contributed by atoms with Gasteiger partial charge in [-0.05, 0) is 36.2 Å². The molecule has 0 fully saturated rings. The van der Waals surface area contributed by atoms with Crippen molar-refractivity contribution in [2.75, 3.05) is 14.2 Å². The number of halogens is 1. The van der Waals surface area contributed by atoms with Crippen LogP contribution in [0, 0.1) is 6.92 Å². The van der Waals surface area contributed by atoms with Crippen molar-refractivity contribution >= 4 is 15.9 Å². The SMILES string of the molecule is COc1ccc(C(N)c2cc(C)ccc2Br)cc1OC. The van der Waals surface area contributed by atoms with Gasteiger partial charge in [-0.15, -0.1) is 0 Å². The summed E-state index contributed by atoms with van der Waals surface area (Å²) in [5, 5.41) is 0. The van der Waals surface area contributed by atoms with Gasteiger partial charge in [0.2, 0.25) is 0 Å². The molecule has 0 amide bonds. The molecule has 0 aliphatic rings. The predicted octanol–water partition coefficient (Wildman–Crippen LogP) is 3.82. The molecule has 4 heteroatoms. The van der Waals surface area contributed by atoms with Gasteiger partial charge in [0.1, 0.15) is 0 Å². The van der Waals surface area contributed by atoms with Crippen LogP contribution in [-0.4, -0.2) is 14.2 Å². The Morgan fingerprint density at radius 1 is 1.00 bits per heavy atom. The Hall–Kier alpha value is -1.52.